The first-order chi connectivity index (χ1) is 15.4. The Morgan fingerprint density at radius 3 is 2.30 bits per heavy atom. The smallest absolute Gasteiger partial charge is 0.316 e. The number of Topliss-reactive ketones (excluding diaryl/α,β-unsaturated/α-hetero) is 2. The number of fused-ring (bicyclic) bond motifs is 4. The lowest BCUT2D eigenvalue weighted by Gasteiger charge is -2.47. The number of alkyl halides is 2. The van der Waals surface area contributed by atoms with Gasteiger partial charge in [-0.2, -0.15) is 0 Å². The predicted octanol–water partition coefficient (Wildman–Crippen LogP) is 4.86. The van der Waals surface area contributed by atoms with Crippen LogP contribution in [0.3, 0.4) is 0 Å². The molecule has 2 unspecified atom stereocenters. The number of epoxide rings is 1. The Balaban J connectivity index is 1.78. The molecule has 0 aromatic rings. The third-order valence-corrected chi connectivity index (χ3v) is 8.80. The molecule has 2 aliphatic carbocycles. The number of rotatable bonds is 0. The number of ether oxygens (including phenoxy) is 2. The number of ketones is 2. The van der Waals surface area contributed by atoms with E-state index in [1.165, 1.54) is 6.92 Å². The zero-order valence-corrected chi connectivity index (χ0v) is 21.2. The second kappa shape index (κ2) is 8.66. The van der Waals surface area contributed by atoms with Crippen LogP contribution >= 0.6 is 23.2 Å². The fraction of sp³-hybridized carbons (Fsp3) is 0.654. The lowest BCUT2D eigenvalue weighted by Crippen LogP contribution is -2.54. The summed E-state index contributed by atoms with van der Waals surface area (Å²) in [6, 6.07) is 0. The number of carbonyl (C=O) groups excluding carboxylic acids is 3. The summed E-state index contributed by atoms with van der Waals surface area (Å²) in [5.74, 6) is -3.95. The molecule has 4 rings (SSSR count). The van der Waals surface area contributed by atoms with Crippen LogP contribution in [0.2, 0.25) is 0 Å². The summed E-state index contributed by atoms with van der Waals surface area (Å²) in [5, 5.41) is 0. The number of cyclic esters (lactones) is 1. The average Bonchev–Trinajstić information content (AvgIpc) is 3.45. The van der Waals surface area contributed by atoms with Crippen LogP contribution in [0.1, 0.15) is 41.0 Å². The highest BCUT2D eigenvalue weighted by Crippen LogP contribution is 2.60. The minimum Gasteiger partial charge on any atom is -0.458 e. The monoisotopic (exact) mass is 494 g/mol. The molecule has 0 aromatic heterocycles. The zero-order chi connectivity index (χ0) is 24.3. The molecule has 180 valence electrons. The quantitative estimate of drug-likeness (QED) is 0.158. The van der Waals surface area contributed by atoms with Gasteiger partial charge in [0.2, 0.25) is 4.33 Å². The topological polar surface area (TPSA) is 73.0 Å². The van der Waals surface area contributed by atoms with E-state index in [1.54, 1.807) is 13.0 Å². The second-order valence-corrected chi connectivity index (χ2v) is 11.8. The van der Waals surface area contributed by atoms with Gasteiger partial charge in [0.25, 0.3) is 0 Å². The van der Waals surface area contributed by atoms with Crippen LogP contribution in [0.25, 0.3) is 0 Å². The predicted molar refractivity (Wildman–Crippen MR) is 127 cm³/mol. The largest absolute Gasteiger partial charge is 0.458 e. The number of esters is 1. The number of hydrogen-bond donors (Lipinski definition) is 0. The van der Waals surface area contributed by atoms with Crippen molar-refractivity contribution in [2.75, 3.05) is 0 Å². The van der Waals surface area contributed by atoms with E-state index in [1.807, 2.05) is 18.2 Å². The molecule has 4 aliphatic rings. The van der Waals surface area contributed by atoms with Gasteiger partial charge >= 0.3 is 5.97 Å². The molecule has 0 amide bonds. The van der Waals surface area contributed by atoms with Crippen LogP contribution in [0.4, 0.5) is 0 Å². The van der Waals surface area contributed by atoms with E-state index in [4.69, 9.17) is 32.7 Å². The lowest BCUT2D eigenvalue weighted by atomic mass is 9.56. The third-order valence-electron chi connectivity index (χ3n) is 8.06. The Morgan fingerprint density at radius 1 is 0.939 bits per heavy atom. The molecule has 5 nitrogen and oxygen atoms in total. The normalized spacial score (nSPS) is 49.1. The molecular formula is C26H32Cl2O5. The van der Waals surface area contributed by atoms with Gasteiger partial charge in [0, 0.05) is 5.92 Å². The van der Waals surface area contributed by atoms with E-state index in [9.17, 15) is 14.4 Å². The van der Waals surface area contributed by atoms with Crippen molar-refractivity contribution in [3.8, 4) is 0 Å². The first-order valence-electron chi connectivity index (χ1n) is 11.8. The van der Waals surface area contributed by atoms with Crippen LogP contribution in [0.5, 0.6) is 0 Å². The summed E-state index contributed by atoms with van der Waals surface area (Å²) >= 11 is 13.1. The molecule has 2 aliphatic heterocycles. The van der Waals surface area contributed by atoms with E-state index in [2.05, 4.69) is 32.9 Å². The summed E-state index contributed by atoms with van der Waals surface area (Å²) in [7, 11) is 0. The minimum absolute atomic E-state index is 0.00103. The second-order valence-electron chi connectivity index (χ2n) is 10.4. The van der Waals surface area contributed by atoms with Crippen LogP contribution in [0.15, 0.2) is 36.5 Å². The summed E-state index contributed by atoms with van der Waals surface area (Å²) in [6.07, 6.45) is 12.1. The van der Waals surface area contributed by atoms with Gasteiger partial charge in [-0.15, -0.1) is 0 Å². The SMILES string of the molecule is C[C@@H]1C(=O)O[C@@H](C)/C=C/C=C\[C@@H](C)[C@@H]2C=C[C@@H]3C[C@]4(C)O[C@@H]4[C@@H](C)C3C2C(=O)C(Cl)(Cl)C1=O. The van der Waals surface area contributed by atoms with Crippen molar-refractivity contribution in [1.82, 2.24) is 0 Å². The standard InChI is InChI=1S/C26H32Cl2O5/c1-13-8-6-7-9-14(2)32-24(31)16(4)21(29)26(27,28)22(30)20-18(13)11-10-17-12-25(5)23(33-25)15(3)19(17)20/h6-11,13-20,23H,12H2,1-5H3/b8-6-,9-7+/t13-,14+,15+,16+,17-,18+,19?,20?,23-,25+/m1/s1. The van der Waals surface area contributed by atoms with Crippen LogP contribution < -0.4 is 0 Å². The number of carbonyl (C=O) groups is 3. The number of hydrogen-bond acceptors (Lipinski definition) is 5. The number of halogens is 2. The van der Waals surface area contributed by atoms with Gasteiger partial charge in [-0.3, -0.25) is 14.4 Å². The van der Waals surface area contributed by atoms with Crippen molar-refractivity contribution in [3.05, 3.63) is 36.5 Å². The highest BCUT2D eigenvalue weighted by Gasteiger charge is 2.65. The zero-order valence-electron chi connectivity index (χ0n) is 19.7. The molecule has 0 radical (unpaired) electrons. The Morgan fingerprint density at radius 2 is 1.61 bits per heavy atom. The maximum Gasteiger partial charge on any atom is 0.316 e. The summed E-state index contributed by atoms with van der Waals surface area (Å²) in [6.45, 7) is 9.36. The van der Waals surface area contributed by atoms with Crippen LogP contribution in [0, 0.1) is 41.4 Å². The summed E-state index contributed by atoms with van der Waals surface area (Å²) in [4.78, 5) is 39.8. The highest BCUT2D eigenvalue weighted by atomic mass is 35.5. The van der Waals surface area contributed by atoms with Crippen molar-refractivity contribution in [1.29, 1.82) is 0 Å². The first kappa shape index (κ1) is 24.7. The van der Waals surface area contributed by atoms with E-state index in [-0.39, 0.29) is 41.3 Å². The Labute approximate surface area is 205 Å². The lowest BCUT2D eigenvalue weighted by molar-refractivity contribution is -0.154. The van der Waals surface area contributed by atoms with Gasteiger partial charge in [-0.25, -0.2) is 0 Å². The van der Waals surface area contributed by atoms with Crippen LogP contribution in [-0.4, -0.2) is 39.7 Å². The molecule has 2 fully saturated rings. The summed E-state index contributed by atoms with van der Waals surface area (Å²) < 4.78 is 9.03. The molecule has 0 aromatic carbocycles. The molecule has 0 bridgehead atoms. The van der Waals surface area contributed by atoms with Gasteiger partial charge in [-0.05, 0) is 62.9 Å². The molecular weight excluding hydrogens is 463 g/mol. The van der Waals surface area contributed by atoms with E-state index < -0.39 is 39.8 Å². The van der Waals surface area contributed by atoms with Gasteiger partial charge in [0.15, 0.2) is 11.6 Å². The maximum absolute atomic E-state index is 14.0. The first-order valence-corrected chi connectivity index (χ1v) is 12.5. The maximum atomic E-state index is 14.0. The van der Waals surface area contributed by atoms with Crippen LogP contribution in [-0.2, 0) is 23.9 Å². The van der Waals surface area contributed by atoms with Gasteiger partial charge in [0.05, 0.1) is 11.7 Å². The molecule has 0 N–H and O–H groups in total. The number of allylic oxidation sites excluding steroid dienone is 5. The molecule has 10 atom stereocenters. The van der Waals surface area contributed by atoms with Crippen molar-refractivity contribution in [3.63, 3.8) is 0 Å². The minimum atomic E-state index is -2.34. The van der Waals surface area contributed by atoms with Crippen molar-refractivity contribution >= 4 is 40.7 Å². The summed E-state index contributed by atoms with van der Waals surface area (Å²) in [5.41, 5.74) is -0.164. The Bertz CT molecular complexity index is 937. The van der Waals surface area contributed by atoms with E-state index in [0.29, 0.717) is 0 Å². The van der Waals surface area contributed by atoms with E-state index in [0.717, 1.165) is 6.42 Å². The van der Waals surface area contributed by atoms with Crippen molar-refractivity contribution in [2.45, 2.75) is 63.2 Å². The fourth-order valence-corrected chi connectivity index (χ4v) is 6.77. The van der Waals surface area contributed by atoms with Crippen molar-refractivity contribution in [2.24, 2.45) is 41.4 Å². The fourth-order valence-electron chi connectivity index (χ4n) is 6.19. The van der Waals surface area contributed by atoms with Crippen molar-refractivity contribution < 1.29 is 23.9 Å². The van der Waals surface area contributed by atoms with Gasteiger partial charge < -0.3 is 9.47 Å². The van der Waals surface area contributed by atoms with E-state index >= 15 is 0 Å². The highest BCUT2D eigenvalue weighted by molar-refractivity contribution is 6.68. The Hall–Kier alpha value is -1.43. The third kappa shape index (κ3) is 4.26. The molecule has 33 heavy (non-hydrogen) atoms. The van der Waals surface area contributed by atoms with Gasteiger partial charge in [-0.1, -0.05) is 67.4 Å². The van der Waals surface area contributed by atoms with Gasteiger partial charge in [0.1, 0.15) is 12.0 Å². The molecule has 7 heteroatoms. The Kier molecular flexibility index (Phi) is 6.48. The molecule has 0 spiro atoms. The average molecular weight is 495 g/mol. The molecule has 2 heterocycles. The molecule has 1 saturated carbocycles. The molecule has 1 saturated heterocycles.